The van der Waals surface area contributed by atoms with Gasteiger partial charge in [-0.15, -0.1) is 0 Å². The average molecular weight is 345 g/mol. The number of hydrogen-bond acceptors (Lipinski definition) is 4. The Labute approximate surface area is 130 Å². The van der Waals surface area contributed by atoms with Gasteiger partial charge in [-0.1, -0.05) is 22.0 Å². The van der Waals surface area contributed by atoms with E-state index in [-0.39, 0.29) is 0 Å². The fourth-order valence-electron chi connectivity index (χ4n) is 2.05. The molecule has 1 N–H and O–H groups in total. The molecule has 0 bridgehead atoms. The van der Waals surface area contributed by atoms with Crippen LogP contribution in [0.15, 0.2) is 28.7 Å². The number of ether oxygens (including phenoxy) is 2. The molecular weight excluding hydrogens is 320 g/mol. The Morgan fingerprint density at radius 1 is 1.25 bits per heavy atom. The maximum Gasteiger partial charge on any atom is 0.0615 e. The van der Waals surface area contributed by atoms with E-state index in [2.05, 4.69) is 45.2 Å². The molecule has 0 radical (unpaired) electrons. The molecule has 1 atom stereocenters. The zero-order valence-corrected chi connectivity index (χ0v) is 14.1. The second-order valence-electron chi connectivity index (χ2n) is 4.77. The lowest BCUT2D eigenvalue weighted by Crippen LogP contribution is -2.41. The standard InChI is InChI=1S/C15H25BrN2O2/c1-13(12-20-3)18(9-10-19-2)8-7-17-15-6-4-5-14(16)11-15/h4-6,11,13,17H,7-10,12H2,1-3H3. The highest BCUT2D eigenvalue weighted by Gasteiger charge is 2.12. The molecule has 1 rings (SSSR count). The fourth-order valence-corrected chi connectivity index (χ4v) is 2.45. The van der Waals surface area contributed by atoms with E-state index >= 15 is 0 Å². The minimum atomic E-state index is 0.388. The highest BCUT2D eigenvalue weighted by Crippen LogP contribution is 2.15. The van der Waals surface area contributed by atoms with E-state index in [1.54, 1.807) is 14.2 Å². The van der Waals surface area contributed by atoms with Crippen molar-refractivity contribution in [3.8, 4) is 0 Å². The molecule has 1 unspecified atom stereocenters. The minimum absolute atomic E-state index is 0.388. The summed E-state index contributed by atoms with van der Waals surface area (Å²) in [6, 6.07) is 8.60. The van der Waals surface area contributed by atoms with Crippen molar-refractivity contribution in [1.29, 1.82) is 0 Å². The van der Waals surface area contributed by atoms with Crippen LogP contribution in [0.3, 0.4) is 0 Å². The van der Waals surface area contributed by atoms with Gasteiger partial charge in [-0.25, -0.2) is 0 Å². The van der Waals surface area contributed by atoms with Gasteiger partial charge in [0.2, 0.25) is 0 Å². The van der Waals surface area contributed by atoms with Gasteiger partial charge in [0, 0.05) is 50.1 Å². The minimum Gasteiger partial charge on any atom is -0.384 e. The van der Waals surface area contributed by atoms with Gasteiger partial charge in [-0.3, -0.25) is 4.90 Å². The SMILES string of the molecule is COCCN(CCNc1cccc(Br)c1)C(C)COC. The van der Waals surface area contributed by atoms with Gasteiger partial charge in [-0.05, 0) is 25.1 Å². The summed E-state index contributed by atoms with van der Waals surface area (Å²) in [5, 5.41) is 3.44. The molecule has 0 amide bonds. The zero-order chi connectivity index (χ0) is 14.8. The van der Waals surface area contributed by atoms with E-state index < -0.39 is 0 Å². The summed E-state index contributed by atoms with van der Waals surface area (Å²) in [4.78, 5) is 2.37. The number of nitrogens with zero attached hydrogens (tertiary/aromatic N) is 1. The van der Waals surface area contributed by atoms with E-state index in [0.717, 1.165) is 43.0 Å². The molecular formula is C15H25BrN2O2. The molecule has 0 saturated carbocycles. The van der Waals surface area contributed by atoms with E-state index in [1.165, 1.54) is 0 Å². The zero-order valence-electron chi connectivity index (χ0n) is 12.6. The van der Waals surface area contributed by atoms with E-state index in [1.807, 2.05) is 12.1 Å². The van der Waals surface area contributed by atoms with Crippen LogP contribution in [0.1, 0.15) is 6.92 Å². The largest absolute Gasteiger partial charge is 0.384 e. The van der Waals surface area contributed by atoms with E-state index in [9.17, 15) is 0 Å². The van der Waals surface area contributed by atoms with Crippen LogP contribution >= 0.6 is 15.9 Å². The third kappa shape index (κ3) is 6.70. The van der Waals surface area contributed by atoms with Crippen LogP contribution in [0.5, 0.6) is 0 Å². The summed E-state index contributed by atoms with van der Waals surface area (Å²) in [7, 11) is 3.48. The van der Waals surface area contributed by atoms with Crippen LogP contribution in [0.4, 0.5) is 5.69 Å². The van der Waals surface area contributed by atoms with Crippen molar-refractivity contribution in [3.05, 3.63) is 28.7 Å². The molecule has 0 heterocycles. The Kier molecular flexibility index (Phi) is 8.85. The van der Waals surface area contributed by atoms with Crippen LogP contribution in [-0.2, 0) is 9.47 Å². The second kappa shape index (κ2) is 10.2. The lowest BCUT2D eigenvalue weighted by atomic mass is 10.3. The van der Waals surface area contributed by atoms with Crippen LogP contribution < -0.4 is 5.32 Å². The molecule has 0 saturated heterocycles. The van der Waals surface area contributed by atoms with Gasteiger partial charge >= 0.3 is 0 Å². The van der Waals surface area contributed by atoms with Crippen molar-refractivity contribution in [2.45, 2.75) is 13.0 Å². The Balaban J connectivity index is 2.40. The van der Waals surface area contributed by atoms with Crippen molar-refractivity contribution < 1.29 is 9.47 Å². The Hall–Kier alpha value is -0.620. The molecule has 0 spiro atoms. The molecule has 1 aromatic carbocycles. The molecule has 114 valence electrons. The molecule has 0 aromatic heterocycles. The third-order valence-corrected chi connectivity index (χ3v) is 3.66. The van der Waals surface area contributed by atoms with Gasteiger partial charge in [0.15, 0.2) is 0 Å². The normalized spacial score (nSPS) is 12.7. The Morgan fingerprint density at radius 2 is 2.05 bits per heavy atom. The van der Waals surface area contributed by atoms with Crippen molar-refractivity contribution in [2.24, 2.45) is 0 Å². The van der Waals surface area contributed by atoms with Crippen LogP contribution in [-0.4, -0.2) is 58.0 Å². The summed E-state index contributed by atoms with van der Waals surface area (Å²) in [5.41, 5.74) is 1.13. The summed E-state index contributed by atoms with van der Waals surface area (Å²) in [6.45, 7) is 6.43. The smallest absolute Gasteiger partial charge is 0.0615 e. The van der Waals surface area contributed by atoms with Gasteiger partial charge < -0.3 is 14.8 Å². The maximum atomic E-state index is 5.24. The van der Waals surface area contributed by atoms with Gasteiger partial charge in [0.05, 0.1) is 13.2 Å². The topological polar surface area (TPSA) is 33.7 Å². The summed E-state index contributed by atoms with van der Waals surface area (Å²) >= 11 is 3.48. The average Bonchev–Trinajstić information content (AvgIpc) is 2.43. The first-order valence-corrected chi connectivity index (χ1v) is 7.68. The molecule has 5 heteroatoms. The number of halogens is 1. The number of hydrogen-bond donors (Lipinski definition) is 1. The van der Waals surface area contributed by atoms with Crippen molar-refractivity contribution in [2.75, 3.05) is 52.4 Å². The van der Waals surface area contributed by atoms with Crippen LogP contribution in [0, 0.1) is 0 Å². The highest BCUT2D eigenvalue weighted by molar-refractivity contribution is 9.10. The van der Waals surface area contributed by atoms with Crippen molar-refractivity contribution in [3.63, 3.8) is 0 Å². The van der Waals surface area contributed by atoms with E-state index in [4.69, 9.17) is 9.47 Å². The van der Waals surface area contributed by atoms with Crippen LogP contribution in [0.25, 0.3) is 0 Å². The predicted octanol–water partition coefficient (Wildman–Crippen LogP) is 2.84. The van der Waals surface area contributed by atoms with Crippen molar-refractivity contribution >= 4 is 21.6 Å². The van der Waals surface area contributed by atoms with Gasteiger partial charge in [0.1, 0.15) is 0 Å². The summed E-state index contributed by atoms with van der Waals surface area (Å²) in [5.74, 6) is 0. The third-order valence-electron chi connectivity index (χ3n) is 3.17. The molecule has 0 aliphatic heterocycles. The van der Waals surface area contributed by atoms with Crippen LogP contribution in [0.2, 0.25) is 0 Å². The highest BCUT2D eigenvalue weighted by atomic mass is 79.9. The number of anilines is 1. The summed E-state index contributed by atoms with van der Waals surface area (Å²) < 4.78 is 11.5. The number of methoxy groups -OCH3 is 2. The number of benzene rings is 1. The molecule has 0 aliphatic carbocycles. The molecule has 20 heavy (non-hydrogen) atoms. The monoisotopic (exact) mass is 344 g/mol. The van der Waals surface area contributed by atoms with Gasteiger partial charge in [0.25, 0.3) is 0 Å². The van der Waals surface area contributed by atoms with Gasteiger partial charge in [-0.2, -0.15) is 0 Å². The Bertz CT molecular complexity index is 377. The molecule has 0 aliphatic rings. The fraction of sp³-hybridized carbons (Fsp3) is 0.600. The second-order valence-corrected chi connectivity index (χ2v) is 5.69. The number of rotatable bonds is 10. The first-order valence-electron chi connectivity index (χ1n) is 6.88. The molecule has 0 fully saturated rings. The van der Waals surface area contributed by atoms with Crippen molar-refractivity contribution in [1.82, 2.24) is 4.90 Å². The predicted molar refractivity (Wildman–Crippen MR) is 87.4 cm³/mol. The maximum absolute atomic E-state index is 5.24. The van der Waals surface area contributed by atoms with E-state index in [0.29, 0.717) is 6.04 Å². The molecule has 1 aromatic rings. The lowest BCUT2D eigenvalue weighted by Gasteiger charge is -2.28. The first kappa shape index (κ1) is 17.4. The Morgan fingerprint density at radius 3 is 2.70 bits per heavy atom. The number of nitrogens with one attached hydrogen (secondary N) is 1. The first-order chi connectivity index (χ1) is 9.67. The summed E-state index contributed by atoms with van der Waals surface area (Å²) in [6.07, 6.45) is 0. The lowest BCUT2D eigenvalue weighted by molar-refractivity contribution is 0.0777. The molecule has 4 nitrogen and oxygen atoms in total. The quantitative estimate of drug-likeness (QED) is 0.707.